The molecule has 2 aromatic rings. The summed E-state index contributed by atoms with van der Waals surface area (Å²) < 4.78 is 5.85. The van der Waals surface area contributed by atoms with E-state index < -0.39 is 0 Å². The average molecular weight is 246 g/mol. The summed E-state index contributed by atoms with van der Waals surface area (Å²) in [4.78, 5) is 4.33. The largest absolute Gasteiger partial charge is 0.485 e. The van der Waals surface area contributed by atoms with Crippen molar-refractivity contribution in [3.63, 3.8) is 0 Å². The average Bonchev–Trinajstić information content (AvgIpc) is 2.28. The number of halogens is 1. The SMILES string of the molecule is Cc1cc2c(cn1)C(C)Oc1cc(Cl)ccc1-2. The number of pyridine rings is 1. The molecule has 0 spiro atoms. The maximum absolute atomic E-state index is 5.99. The molecule has 1 unspecified atom stereocenters. The Bertz CT molecular complexity index is 595. The molecule has 0 aliphatic carbocycles. The fraction of sp³-hybridized carbons (Fsp3) is 0.214. The van der Waals surface area contributed by atoms with Gasteiger partial charge >= 0.3 is 0 Å². The Hall–Kier alpha value is -1.54. The van der Waals surface area contributed by atoms with Crippen LogP contribution in [-0.4, -0.2) is 4.98 Å². The molecule has 0 N–H and O–H groups in total. The topological polar surface area (TPSA) is 22.1 Å². The van der Waals surface area contributed by atoms with Crippen LogP contribution in [0.4, 0.5) is 0 Å². The van der Waals surface area contributed by atoms with Gasteiger partial charge in [-0.2, -0.15) is 0 Å². The second-order valence-corrected chi connectivity index (χ2v) is 4.75. The second kappa shape index (κ2) is 3.74. The van der Waals surface area contributed by atoms with Gasteiger partial charge in [-0.15, -0.1) is 0 Å². The molecular formula is C14H12ClNO. The first-order chi connectivity index (χ1) is 8.15. The maximum atomic E-state index is 5.99. The molecular weight excluding hydrogens is 234 g/mol. The minimum absolute atomic E-state index is 0.0177. The van der Waals surface area contributed by atoms with Gasteiger partial charge in [0, 0.05) is 28.0 Å². The smallest absolute Gasteiger partial charge is 0.129 e. The van der Waals surface area contributed by atoms with E-state index in [0.29, 0.717) is 5.02 Å². The highest BCUT2D eigenvalue weighted by molar-refractivity contribution is 6.30. The third-order valence-electron chi connectivity index (χ3n) is 3.05. The van der Waals surface area contributed by atoms with Gasteiger partial charge in [0.25, 0.3) is 0 Å². The van der Waals surface area contributed by atoms with Crippen LogP contribution in [0.25, 0.3) is 11.1 Å². The molecule has 0 bridgehead atoms. The van der Waals surface area contributed by atoms with Crippen molar-refractivity contribution in [3.05, 3.63) is 46.7 Å². The van der Waals surface area contributed by atoms with Crippen LogP contribution in [-0.2, 0) is 0 Å². The van der Waals surface area contributed by atoms with Gasteiger partial charge in [-0.1, -0.05) is 11.6 Å². The zero-order chi connectivity index (χ0) is 12.0. The van der Waals surface area contributed by atoms with Crippen LogP contribution in [0.3, 0.4) is 0 Å². The van der Waals surface area contributed by atoms with Crippen molar-refractivity contribution < 1.29 is 4.74 Å². The Labute approximate surface area is 105 Å². The summed E-state index contributed by atoms with van der Waals surface area (Å²) in [6, 6.07) is 7.86. The van der Waals surface area contributed by atoms with Crippen LogP contribution in [0.5, 0.6) is 5.75 Å². The number of aromatic nitrogens is 1. The fourth-order valence-corrected chi connectivity index (χ4v) is 2.36. The third kappa shape index (κ3) is 1.69. The van der Waals surface area contributed by atoms with Gasteiger partial charge in [-0.3, -0.25) is 4.98 Å². The van der Waals surface area contributed by atoms with E-state index in [2.05, 4.69) is 11.1 Å². The van der Waals surface area contributed by atoms with Gasteiger partial charge in [0.2, 0.25) is 0 Å². The van der Waals surface area contributed by atoms with Crippen LogP contribution >= 0.6 is 11.6 Å². The number of hydrogen-bond donors (Lipinski definition) is 0. The highest BCUT2D eigenvalue weighted by Gasteiger charge is 2.23. The molecule has 0 saturated heterocycles. The van der Waals surface area contributed by atoms with Crippen molar-refractivity contribution in [2.24, 2.45) is 0 Å². The zero-order valence-corrected chi connectivity index (χ0v) is 10.5. The quantitative estimate of drug-likeness (QED) is 0.695. The van der Waals surface area contributed by atoms with Gasteiger partial charge in [0.15, 0.2) is 0 Å². The Morgan fingerprint density at radius 1 is 1.24 bits per heavy atom. The molecule has 0 amide bonds. The van der Waals surface area contributed by atoms with E-state index in [1.807, 2.05) is 38.2 Å². The van der Waals surface area contributed by atoms with Crippen molar-refractivity contribution in [2.45, 2.75) is 20.0 Å². The van der Waals surface area contributed by atoms with Crippen LogP contribution in [0.2, 0.25) is 5.02 Å². The summed E-state index contributed by atoms with van der Waals surface area (Å²) in [7, 11) is 0. The van der Waals surface area contributed by atoms with E-state index in [1.165, 1.54) is 5.56 Å². The molecule has 3 rings (SSSR count). The van der Waals surface area contributed by atoms with Crippen LogP contribution in [0, 0.1) is 6.92 Å². The minimum Gasteiger partial charge on any atom is -0.485 e. The van der Waals surface area contributed by atoms with Crippen LogP contribution in [0.1, 0.15) is 24.3 Å². The van der Waals surface area contributed by atoms with Gasteiger partial charge in [-0.25, -0.2) is 0 Å². The van der Waals surface area contributed by atoms with Crippen molar-refractivity contribution >= 4 is 11.6 Å². The Morgan fingerprint density at radius 2 is 2.06 bits per heavy atom. The van der Waals surface area contributed by atoms with Crippen molar-refractivity contribution in [2.75, 3.05) is 0 Å². The van der Waals surface area contributed by atoms with Crippen molar-refractivity contribution in [3.8, 4) is 16.9 Å². The van der Waals surface area contributed by atoms with Gasteiger partial charge in [0.1, 0.15) is 11.9 Å². The van der Waals surface area contributed by atoms with Crippen LogP contribution in [0.15, 0.2) is 30.5 Å². The molecule has 86 valence electrons. The maximum Gasteiger partial charge on any atom is 0.129 e. The Kier molecular flexibility index (Phi) is 2.33. The number of hydrogen-bond acceptors (Lipinski definition) is 2. The molecule has 1 atom stereocenters. The van der Waals surface area contributed by atoms with Gasteiger partial charge in [0.05, 0.1) is 0 Å². The van der Waals surface area contributed by atoms with Gasteiger partial charge in [-0.05, 0) is 43.7 Å². The molecule has 2 heterocycles. The molecule has 1 aliphatic heterocycles. The number of aryl methyl sites for hydroxylation is 1. The first-order valence-electron chi connectivity index (χ1n) is 5.58. The number of fused-ring (bicyclic) bond motifs is 3. The van der Waals surface area contributed by atoms with E-state index in [9.17, 15) is 0 Å². The monoisotopic (exact) mass is 245 g/mol. The Balaban J connectivity index is 2.28. The van der Waals surface area contributed by atoms with E-state index in [4.69, 9.17) is 16.3 Å². The minimum atomic E-state index is 0.0177. The molecule has 3 heteroatoms. The molecule has 2 nitrogen and oxygen atoms in total. The van der Waals surface area contributed by atoms with Crippen LogP contribution < -0.4 is 4.74 Å². The highest BCUT2D eigenvalue weighted by atomic mass is 35.5. The second-order valence-electron chi connectivity index (χ2n) is 4.31. The normalized spacial score (nSPS) is 17.0. The fourth-order valence-electron chi connectivity index (χ4n) is 2.20. The van der Waals surface area contributed by atoms with E-state index >= 15 is 0 Å². The van der Waals surface area contributed by atoms with E-state index in [-0.39, 0.29) is 6.10 Å². The van der Waals surface area contributed by atoms with Crippen molar-refractivity contribution in [1.82, 2.24) is 4.98 Å². The lowest BCUT2D eigenvalue weighted by Crippen LogP contribution is -2.11. The molecule has 17 heavy (non-hydrogen) atoms. The zero-order valence-electron chi connectivity index (χ0n) is 9.70. The highest BCUT2D eigenvalue weighted by Crippen LogP contribution is 2.43. The van der Waals surface area contributed by atoms with Gasteiger partial charge < -0.3 is 4.74 Å². The summed E-state index contributed by atoms with van der Waals surface area (Å²) in [5, 5.41) is 0.699. The number of benzene rings is 1. The van der Waals surface area contributed by atoms with E-state index in [1.54, 1.807) is 0 Å². The van der Waals surface area contributed by atoms with E-state index in [0.717, 1.165) is 22.6 Å². The lowest BCUT2D eigenvalue weighted by molar-refractivity contribution is 0.223. The molecule has 0 fully saturated rings. The lowest BCUT2D eigenvalue weighted by atomic mass is 9.94. The molecule has 1 aliphatic rings. The third-order valence-corrected chi connectivity index (χ3v) is 3.28. The first-order valence-corrected chi connectivity index (χ1v) is 5.96. The molecule has 0 saturated carbocycles. The number of nitrogens with zero attached hydrogens (tertiary/aromatic N) is 1. The standard InChI is InChI=1S/C14H12ClNO/c1-8-5-12-11-4-3-10(15)6-14(11)17-9(2)13(12)7-16-8/h3-7,9H,1-2H3. The summed E-state index contributed by atoms with van der Waals surface area (Å²) >= 11 is 5.99. The molecule has 0 radical (unpaired) electrons. The molecule has 1 aromatic heterocycles. The summed E-state index contributed by atoms with van der Waals surface area (Å²) in [6.07, 6.45) is 1.91. The van der Waals surface area contributed by atoms with Crippen molar-refractivity contribution in [1.29, 1.82) is 0 Å². The lowest BCUT2D eigenvalue weighted by Gasteiger charge is -2.26. The Morgan fingerprint density at radius 3 is 2.88 bits per heavy atom. The first kappa shape index (κ1) is 10.6. The number of ether oxygens (including phenoxy) is 1. The summed E-state index contributed by atoms with van der Waals surface area (Å²) in [5.41, 5.74) is 4.43. The molecule has 1 aromatic carbocycles. The number of rotatable bonds is 0. The summed E-state index contributed by atoms with van der Waals surface area (Å²) in [5.74, 6) is 0.850. The predicted octanol–water partition coefficient (Wildman–Crippen LogP) is 4.16. The predicted molar refractivity (Wildman–Crippen MR) is 68.5 cm³/mol. The summed E-state index contributed by atoms with van der Waals surface area (Å²) in [6.45, 7) is 4.02.